The van der Waals surface area contributed by atoms with Crippen molar-refractivity contribution < 1.29 is 4.74 Å². The number of hydrogen-bond acceptors (Lipinski definition) is 3. The summed E-state index contributed by atoms with van der Waals surface area (Å²) in [6.07, 6.45) is 1.25. The Morgan fingerprint density at radius 3 is 2.41 bits per heavy atom. The molecule has 0 aliphatic carbocycles. The molecule has 0 aromatic carbocycles. The van der Waals surface area contributed by atoms with Crippen LogP contribution in [0.15, 0.2) is 0 Å². The van der Waals surface area contributed by atoms with Gasteiger partial charge in [0.05, 0.1) is 18.4 Å². The van der Waals surface area contributed by atoms with E-state index in [0.29, 0.717) is 6.04 Å². The molecule has 0 spiro atoms. The van der Waals surface area contributed by atoms with Gasteiger partial charge in [0.25, 0.3) is 0 Å². The van der Waals surface area contributed by atoms with Crippen molar-refractivity contribution in [2.24, 2.45) is 7.05 Å². The number of nitrogens with zero attached hydrogens (tertiary/aromatic N) is 2. The summed E-state index contributed by atoms with van der Waals surface area (Å²) < 4.78 is 7.61. The minimum Gasteiger partial charge on any atom is -0.377 e. The van der Waals surface area contributed by atoms with Crippen molar-refractivity contribution in [3.63, 3.8) is 0 Å². The highest BCUT2D eigenvalue weighted by Gasteiger charge is 2.15. The second kappa shape index (κ2) is 6.17. The average Bonchev–Trinajstić information content (AvgIpc) is 2.49. The maximum Gasteiger partial charge on any atom is 0.0628 e. The fraction of sp³-hybridized carbons (Fsp3) is 0.769. The molecule has 0 aliphatic heterocycles. The Labute approximate surface area is 104 Å². The first kappa shape index (κ1) is 14.2. The fourth-order valence-electron chi connectivity index (χ4n) is 1.91. The van der Waals surface area contributed by atoms with Crippen molar-refractivity contribution in [1.82, 2.24) is 15.1 Å². The lowest BCUT2D eigenvalue weighted by molar-refractivity contribution is 0.0627. The summed E-state index contributed by atoms with van der Waals surface area (Å²) in [5, 5.41) is 7.75. The van der Waals surface area contributed by atoms with Crippen LogP contribution in [-0.4, -0.2) is 35.6 Å². The third-order valence-electron chi connectivity index (χ3n) is 3.15. The molecule has 0 saturated carbocycles. The normalized spacial score (nSPS) is 13.4. The number of rotatable bonds is 6. The van der Waals surface area contributed by atoms with E-state index >= 15 is 0 Å². The first-order valence-electron chi connectivity index (χ1n) is 6.23. The lowest BCUT2D eigenvalue weighted by atomic mass is 10.0. The SMILES string of the molecule is CNC(COC(C)C)Cc1c(C)nn(C)c1C. The smallest absolute Gasteiger partial charge is 0.0628 e. The molecule has 17 heavy (non-hydrogen) atoms. The summed E-state index contributed by atoms with van der Waals surface area (Å²) in [5.74, 6) is 0. The lowest BCUT2D eigenvalue weighted by Gasteiger charge is -2.18. The van der Waals surface area contributed by atoms with E-state index in [1.165, 1.54) is 11.3 Å². The van der Waals surface area contributed by atoms with Crippen molar-refractivity contribution in [3.05, 3.63) is 17.0 Å². The van der Waals surface area contributed by atoms with Crippen LogP contribution in [0.4, 0.5) is 0 Å². The van der Waals surface area contributed by atoms with Crippen LogP contribution in [-0.2, 0) is 18.2 Å². The quantitative estimate of drug-likeness (QED) is 0.819. The summed E-state index contributed by atoms with van der Waals surface area (Å²) in [5.41, 5.74) is 3.70. The molecule has 0 fully saturated rings. The Kier molecular flexibility index (Phi) is 5.15. The van der Waals surface area contributed by atoms with E-state index in [-0.39, 0.29) is 6.10 Å². The van der Waals surface area contributed by atoms with Gasteiger partial charge in [0.15, 0.2) is 0 Å². The highest BCUT2D eigenvalue weighted by atomic mass is 16.5. The predicted octanol–water partition coefficient (Wildman–Crippen LogP) is 1.59. The minimum atomic E-state index is 0.280. The van der Waals surface area contributed by atoms with E-state index in [9.17, 15) is 0 Å². The molecule has 0 amide bonds. The molecule has 1 aromatic heterocycles. The lowest BCUT2D eigenvalue weighted by Crippen LogP contribution is -2.33. The molecule has 4 nitrogen and oxygen atoms in total. The molecule has 0 aliphatic rings. The Hall–Kier alpha value is -0.870. The molecule has 4 heteroatoms. The molecule has 0 saturated heterocycles. The van der Waals surface area contributed by atoms with Gasteiger partial charge in [0.1, 0.15) is 0 Å². The molecule has 0 bridgehead atoms. The molecule has 1 unspecified atom stereocenters. The number of hydrogen-bond donors (Lipinski definition) is 1. The Balaban J connectivity index is 2.67. The van der Waals surface area contributed by atoms with E-state index in [4.69, 9.17) is 4.74 Å². The second-order valence-electron chi connectivity index (χ2n) is 4.84. The molecule has 1 heterocycles. The minimum absolute atomic E-state index is 0.280. The summed E-state index contributed by atoms with van der Waals surface area (Å²) in [7, 11) is 3.97. The average molecular weight is 239 g/mol. The molecule has 1 N–H and O–H groups in total. The van der Waals surface area contributed by atoms with E-state index in [1.807, 2.05) is 18.8 Å². The number of ether oxygens (including phenoxy) is 1. The zero-order valence-corrected chi connectivity index (χ0v) is 11.9. The van der Waals surface area contributed by atoms with Crippen LogP contribution in [0.1, 0.15) is 30.8 Å². The van der Waals surface area contributed by atoms with Gasteiger partial charge < -0.3 is 10.1 Å². The first-order chi connectivity index (χ1) is 7.95. The standard InChI is InChI=1S/C13H25N3O/c1-9(2)17-8-12(14-5)7-13-10(3)15-16(6)11(13)4/h9,12,14H,7-8H2,1-6H3. The molecule has 0 radical (unpaired) electrons. The third-order valence-corrected chi connectivity index (χ3v) is 3.15. The summed E-state index contributed by atoms with van der Waals surface area (Å²) >= 11 is 0. The maximum atomic E-state index is 5.66. The molecule has 98 valence electrons. The van der Waals surface area contributed by atoms with Crippen LogP contribution in [0.3, 0.4) is 0 Å². The molecule has 1 aromatic rings. The second-order valence-corrected chi connectivity index (χ2v) is 4.84. The predicted molar refractivity (Wildman–Crippen MR) is 70.3 cm³/mol. The van der Waals surface area contributed by atoms with Crippen LogP contribution in [0, 0.1) is 13.8 Å². The first-order valence-corrected chi connectivity index (χ1v) is 6.23. The molecular formula is C13H25N3O. The zero-order chi connectivity index (χ0) is 13.0. The van der Waals surface area contributed by atoms with Gasteiger partial charge in [0, 0.05) is 18.8 Å². The van der Waals surface area contributed by atoms with Gasteiger partial charge in [-0.15, -0.1) is 0 Å². The largest absolute Gasteiger partial charge is 0.377 e. The zero-order valence-electron chi connectivity index (χ0n) is 11.9. The van der Waals surface area contributed by atoms with E-state index in [0.717, 1.165) is 18.7 Å². The number of aromatic nitrogens is 2. The van der Waals surface area contributed by atoms with Crippen molar-refractivity contribution in [2.75, 3.05) is 13.7 Å². The van der Waals surface area contributed by atoms with E-state index in [1.54, 1.807) is 0 Å². The summed E-state index contributed by atoms with van der Waals surface area (Å²) in [6.45, 7) is 9.05. The van der Waals surface area contributed by atoms with Gasteiger partial charge in [-0.3, -0.25) is 4.68 Å². The number of nitrogens with one attached hydrogen (secondary N) is 1. The highest BCUT2D eigenvalue weighted by Crippen LogP contribution is 2.14. The van der Waals surface area contributed by atoms with E-state index in [2.05, 4.69) is 38.1 Å². The van der Waals surface area contributed by atoms with E-state index < -0.39 is 0 Å². The Morgan fingerprint density at radius 2 is 2.00 bits per heavy atom. The molecule has 1 rings (SSSR count). The van der Waals surface area contributed by atoms with Gasteiger partial charge in [-0.05, 0) is 46.7 Å². The van der Waals surface area contributed by atoms with Crippen LogP contribution in [0.25, 0.3) is 0 Å². The number of aryl methyl sites for hydroxylation is 2. The van der Waals surface area contributed by atoms with Crippen LogP contribution >= 0.6 is 0 Å². The monoisotopic (exact) mass is 239 g/mol. The Bertz CT molecular complexity index is 358. The van der Waals surface area contributed by atoms with Gasteiger partial charge in [-0.25, -0.2) is 0 Å². The summed E-state index contributed by atoms with van der Waals surface area (Å²) in [4.78, 5) is 0. The van der Waals surface area contributed by atoms with Gasteiger partial charge in [0.2, 0.25) is 0 Å². The fourth-order valence-corrected chi connectivity index (χ4v) is 1.91. The van der Waals surface area contributed by atoms with Gasteiger partial charge in [-0.1, -0.05) is 0 Å². The van der Waals surface area contributed by atoms with Crippen molar-refractivity contribution in [1.29, 1.82) is 0 Å². The van der Waals surface area contributed by atoms with Crippen LogP contribution in [0.2, 0.25) is 0 Å². The van der Waals surface area contributed by atoms with Crippen molar-refractivity contribution in [3.8, 4) is 0 Å². The topological polar surface area (TPSA) is 39.1 Å². The Morgan fingerprint density at radius 1 is 1.35 bits per heavy atom. The van der Waals surface area contributed by atoms with Crippen LogP contribution in [0.5, 0.6) is 0 Å². The maximum absolute atomic E-state index is 5.66. The van der Waals surface area contributed by atoms with Gasteiger partial charge >= 0.3 is 0 Å². The third kappa shape index (κ3) is 3.82. The van der Waals surface area contributed by atoms with Gasteiger partial charge in [-0.2, -0.15) is 5.10 Å². The van der Waals surface area contributed by atoms with Crippen LogP contribution < -0.4 is 5.32 Å². The molecular weight excluding hydrogens is 214 g/mol. The highest BCUT2D eigenvalue weighted by molar-refractivity contribution is 5.25. The summed E-state index contributed by atoms with van der Waals surface area (Å²) in [6, 6.07) is 0.346. The van der Waals surface area contributed by atoms with Crippen molar-refractivity contribution >= 4 is 0 Å². The van der Waals surface area contributed by atoms with Crippen molar-refractivity contribution in [2.45, 2.75) is 46.3 Å². The molecule has 1 atom stereocenters. The number of likely N-dealkylation sites (N-methyl/N-ethyl adjacent to an activating group) is 1.